The molecule has 0 aliphatic rings. The molecule has 0 aromatic heterocycles. The molecule has 1 amide bonds. The van der Waals surface area contributed by atoms with Gasteiger partial charge in [0, 0.05) is 12.5 Å². The third kappa shape index (κ3) is 4.98. The Morgan fingerprint density at radius 3 is 2.59 bits per heavy atom. The molecule has 2 nitrogen and oxygen atoms in total. The number of aryl methyl sites for hydroxylation is 1. The topological polar surface area (TPSA) is 29.1 Å². The zero-order valence-corrected chi connectivity index (χ0v) is 10.7. The molecular weight excluding hydrogens is 217 g/mol. The van der Waals surface area contributed by atoms with E-state index in [-0.39, 0.29) is 17.3 Å². The van der Waals surface area contributed by atoms with Crippen molar-refractivity contribution in [2.75, 3.05) is 0 Å². The predicted octanol–water partition coefficient (Wildman–Crippen LogP) is 3.06. The minimum atomic E-state index is -0.225. The number of carbonyl (C=O) groups excluding carboxylic acids is 1. The minimum Gasteiger partial charge on any atom is -0.351 e. The average Bonchev–Trinajstić information content (AvgIpc) is 2.18. The maximum Gasteiger partial charge on any atom is 0.217 e. The summed E-state index contributed by atoms with van der Waals surface area (Å²) in [4.78, 5) is 11.0. The highest BCUT2D eigenvalue weighted by molar-refractivity contribution is 5.73. The van der Waals surface area contributed by atoms with Gasteiger partial charge < -0.3 is 5.32 Å². The molecule has 0 aliphatic heterocycles. The molecule has 0 heterocycles. The maximum atomic E-state index is 13.3. The fourth-order valence-corrected chi connectivity index (χ4v) is 1.96. The molecule has 0 fully saturated rings. The van der Waals surface area contributed by atoms with Gasteiger partial charge in [-0.3, -0.25) is 4.79 Å². The SMILES string of the molecule is CC(=O)NC(C)(C)CCCc1ccccc1F. The van der Waals surface area contributed by atoms with Crippen LogP contribution >= 0.6 is 0 Å². The first-order valence-electron chi connectivity index (χ1n) is 5.93. The number of hydrogen-bond donors (Lipinski definition) is 1. The molecule has 1 aromatic carbocycles. The van der Waals surface area contributed by atoms with Crippen molar-refractivity contribution in [3.05, 3.63) is 35.6 Å². The van der Waals surface area contributed by atoms with Crippen LogP contribution in [0.2, 0.25) is 0 Å². The van der Waals surface area contributed by atoms with Crippen molar-refractivity contribution in [3.8, 4) is 0 Å². The van der Waals surface area contributed by atoms with E-state index in [2.05, 4.69) is 5.32 Å². The van der Waals surface area contributed by atoms with Gasteiger partial charge in [0.25, 0.3) is 0 Å². The number of amides is 1. The van der Waals surface area contributed by atoms with E-state index in [1.165, 1.54) is 13.0 Å². The molecular formula is C14H20FNO. The molecule has 0 saturated heterocycles. The van der Waals surface area contributed by atoms with E-state index in [0.717, 1.165) is 18.4 Å². The first kappa shape index (κ1) is 13.7. The molecule has 1 N–H and O–H groups in total. The van der Waals surface area contributed by atoms with Gasteiger partial charge in [0.15, 0.2) is 0 Å². The number of benzene rings is 1. The summed E-state index contributed by atoms with van der Waals surface area (Å²) in [6.07, 6.45) is 2.39. The van der Waals surface area contributed by atoms with E-state index < -0.39 is 0 Å². The Morgan fingerprint density at radius 2 is 2.00 bits per heavy atom. The van der Waals surface area contributed by atoms with E-state index in [1.807, 2.05) is 19.9 Å². The molecule has 0 atom stereocenters. The maximum absolute atomic E-state index is 13.3. The van der Waals surface area contributed by atoms with Crippen LogP contribution in [-0.2, 0) is 11.2 Å². The lowest BCUT2D eigenvalue weighted by Gasteiger charge is -2.25. The first-order valence-corrected chi connectivity index (χ1v) is 5.93. The van der Waals surface area contributed by atoms with E-state index in [1.54, 1.807) is 12.1 Å². The zero-order chi connectivity index (χ0) is 12.9. The standard InChI is InChI=1S/C14H20FNO/c1-11(17)16-14(2,3)10-6-8-12-7-4-5-9-13(12)15/h4-5,7,9H,6,8,10H2,1-3H3,(H,16,17). The summed E-state index contributed by atoms with van der Waals surface area (Å²) in [5.74, 6) is -0.175. The molecule has 0 radical (unpaired) electrons. The normalized spacial score (nSPS) is 11.3. The third-order valence-electron chi connectivity index (χ3n) is 2.72. The van der Waals surface area contributed by atoms with Crippen LogP contribution in [0.3, 0.4) is 0 Å². The summed E-state index contributed by atoms with van der Waals surface area (Å²) in [5, 5.41) is 2.89. The van der Waals surface area contributed by atoms with Crippen molar-refractivity contribution in [1.29, 1.82) is 0 Å². The molecule has 0 bridgehead atoms. The second kappa shape index (κ2) is 5.80. The van der Waals surface area contributed by atoms with Gasteiger partial charge in [-0.05, 0) is 44.7 Å². The molecule has 3 heteroatoms. The number of rotatable bonds is 5. The van der Waals surface area contributed by atoms with Gasteiger partial charge in [-0.1, -0.05) is 18.2 Å². The fourth-order valence-electron chi connectivity index (χ4n) is 1.96. The Bertz CT molecular complexity index is 388. The molecule has 1 rings (SSSR count). The summed E-state index contributed by atoms with van der Waals surface area (Å²) in [6, 6.07) is 6.83. The number of halogens is 1. The number of hydrogen-bond acceptors (Lipinski definition) is 1. The molecule has 0 unspecified atom stereocenters. The van der Waals surface area contributed by atoms with Crippen LogP contribution in [-0.4, -0.2) is 11.4 Å². The molecule has 0 aliphatic carbocycles. The summed E-state index contributed by atoms with van der Waals surface area (Å²) < 4.78 is 13.3. The second-order valence-corrected chi connectivity index (χ2v) is 5.01. The van der Waals surface area contributed by atoms with Crippen LogP contribution in [0.15, 0.2) is 24.3 Å². The van der Waals surface area contributed by atoms with Crippen molar-refractivity contribution >= 4 is 5.91 Å². The Kier molecular flexibility index (Phi) is 4.67. The predicted molar refractivity (Wildman–Crippen MR) is 67.2 cm³/mol. The quantitative estimate of drug-likeness (QED) is 0.837. The van der Waals surface area contributed by atoms with Gasteiger partial charge in [-0.2, -0.15) is 0 Å². The third-order valence-corrected chi connectivity index (χ3v) is 2.72. The van der Waals surface area contributed by atoms with Gasteiger partial charge in [-0.15, -0.1) is 0 Å². The minimum absolute atomic E-state index is 0.0270. The van der Waals surface area contributed by atoms with Crippen LogP contribution in [0.4, 0.5) is 4.39 Å². The molecule has 0 spiro atoms. The smallest absolute Gasteiger partial charge is 0.217 e. The first-order chi connectivity index (χ1) is 7.91. The van der Waals surface area contributed by atoms with E-state index in [9.17, 15) is 9.18 Å². The van der Waals surface area contributed by atoms with Crippen molar-refractivity contribution in [1.82, 2.24) is 5.32 Å². The van der Waals surface area contributed by atoms with Crippen molar-refractivity contribution in [2.24, 2.45) is 0 Å². The zero-order valence-electron chi connectivity index (χ0n) is 10.7. The summed E-state index contributed by atoms with van der Waals surface area (Å²) in [6.45, 7) is 5.48. The van der Waals surface area contributed by atoms with Crippen molar-refractivity contribution in [2.45, 2.75) is 45.6 Å². The lowest BCUT2D eigenvalue weighted by atomic mass is 9.95. The van der Waals surface area contributed by atoms with Gasteiger partial charge in [0.2, 0.25) is 5.91 Å². The lowest BCUT2D eigenvalue weighted by molar-refractivity contribution is -0.120. The molecule has 94 valence electrons. The highest BCUT2D eigenvalue weighted by Gasteiger charge is 2.18. The van der Waals surface area contributed by atoms with E-state index in [4.69, 9.17) is 0 Å². The Morgan fingerprint density at radius 1 is 1.35 bits per heavy atom. The lowest BCUT2D eigenvalue weighted by Crippen LogP contribution is -2.42. The van der Waals surface area contributed by atoms with Gasteiger partial charge in [-0.25, -0.2) is 4.39 Å². The van der Waals surface area contributed by atoms with E-state index >= 15 is 0 Å². The van der Waals surface area contributed by atoms with Crippen LogP contribution in [0.1, 0.15) is 39.2 Å². The fraction of sp³-hybridized carbons (Fsp3) is 0.500. The van der Waals surface area contributed by atoms with Gasteiger partial charge in [0.05, 0.1) is 0 Å². The van der Waals surface area contributed by atoms with E-state index in [0.29, 0.717) is 6.42 Å². The van der Waals surface area contributed by atoms with Crippen molar-refractivity contribution in [3.63, 3.8) is 0 Å². The summed E-state index contributed by atoms with van der Waals surface area (Å²) in [7, 11) is 0. The van der Waals surface area contributed by atoms with Crippen molar-refractivity contribution < 1.29 is 9.18 Å². The highest BCUT2D eigenvalue weighted by Crippen LogP contribution is 2.15. The van der Waals surface area contributed by atoms with Gasteiger partial charge in [0.1, 0.15) is 5.82 Å². The van der Waals surface area contributed by atoms with Crippen LogP contribution in [0, 0.1) is 5.82 Å². The molecule has 17 heavy (non-hydrogen) atoms. The van der Waals surface area contributed by atoms with Crippen LogP contribution < -0.4 is 5.32 Å². The Labute approximate surface area is 102 Å². The Hall–Kier alpha value is -1.38. The van der Waals surface area contributed by atoms with Crippen LogP contribution in [0.5, 0.6) is 0 Å². The van der Waals surface area contributed by atoms with Gasteiger partial charge >= 0.3 is 0 Å². The highest BCUT2D eigenvalue weighted by atomic mass is 19.1. The molecule has 1 aromatic rings. The van der Waals surface area contributed by atoms with Crippen LogP contribution in [0.25, 0.3) is 0 Å². The Balaban J connectivity index is 2.42. The monoisotopic (exact) mass is 237 g/mol. The summed E-state index contributed by atoms with van der Waals surface area (Å²) in [5.41, 5.74) is 0.517. The second-order valence-electron chi connectivity index (χ2n) is 5.01. The largest absolute Gasteiger partial charge is 0.351 e. The summed E-state index contributed by atoms with van der Waals surface area (Å²) >= 11 is 0. The average molecular weight is 237 g/mol. The number of carbonyl (C=O) groups is 1. The molecule has 0 saturated carbocycles. The number of nitrogens with one attached hydrogen (secondary N) is 1.